The van der Waals surface area contributed by atoms with Crippen molar-refractivity contribution in [1.82, 2.24) is 5.32 Å². The molecule has 0 aliphatic rings. The first-order chi connectivity index (χ1) is 14.1. The smallest absolute Gasteiger partial charge is 0.261 e. The highest BCUT2D eigenvalue weighted by Gasteiger charge is 2.21. The summed E-state index contributed by atoms with van der Waals surface area (Å²) < 4.78 is 27.2. The number of thiophene rings is 1. The van der Waals surface area contributed by atoms with Crippen molar-refractivity contribution in [2.45, 2.75) is 19.0 Å². The number of nitrogens with one attached hydrogen (secondary N) is 1. The minimum Gasteiger partial charge on any atom is -0.394 e. The molecule has 0 bridgehead atoms. The van der Waals surface area contributed by atoms with Gasteiger partial charge in [-0.15, -0.1) is 11.3 Å². The normalized spacial score (nSPS) is 12.3. The van der Waals surface area contributed by atoms with E-state index in [0.29, 0.717) is 12.8 Å². The Labute approximate surface area is 179 Å². The van der Waals surface area contributed by atoms with Crippen LogP contribution in [0.15, 0.2) is 53.9 Å². The van der Waals surface area contributed by atoms with Gasteiger partial charge in [0.05, 0.1) is 25.0 Å². The lowest BCUT2D eigenvalue weighted by Gasteiger charge is -2.26. The molecular weight excluding hydrogens is 422 g/mol. The number of hydrogen-bond donors (Lipinski definition) is 4. The second kappa shape index (κ2) is 8.97. The lowest BCUT2D eigenvalue weighted by Crippen LogP contribution is -2.48. The van der Waals surface area contributed by atoms with E-state index in [0.717, 1.165) is 0 Å². The molecule has 6 nitrogen and oxygen atoms in total. The second-order valence-electron chi connectivity index (χ2n) is 7.55. The predicted molar refractivity (Wildman–Crippen MR) is 124 cm³/mol. The molecule has 0 saturated heterocycles. The molecule has 3 aromatic carbocycles. The van der Waals surface area contributed by atoms with E-state index < -0.39 is 15.7 Å². The van der Waals surface area contributed by atoms with E-state index in [9.17, 15) is 18.6 Å². The lowest BCUT2D eigenvalue weighted by molar-refractivity contribution is 0.103. The summed E-state index contributed by atoms with van der Waals surface area (Å²) in [5, 5.41) is 30.8. The number of aliphatic hydroxyl groups is 2. The number of rotatable bonds is 5. The highest BCUT2D eigenvalue weighted by molar-refractivity contribution is 7.85. The van der Waals surface area contributed by atoms with Gasteiger partial charge in [0, 0.05) is 16.6 Å². The Hall–Kier alpha value is -2.07. The molecule has 4 aromatic rings. The van der Waals surface area contributed by atoms with E-state index in [4.69, 9.17) is 4.55 Å². The summed E-state index contributed by atoms with van der Waals surface area (Å²) in [7, 11) is -3.67. The molecule has 0 saturated carbocycles. The molecule has 0 amide bonds. The van der Waals surface area contributed by atoms with Gasteiger partial charge in [-0.05, 0) is 51.5 Å². The lowest BCUT2D eigenvalue weighted by atomic mass is 9.95. The van der Waals surface area contributed by atoms with Gasteiger partial charge < -0.3 is 15.5 Å². The molecule has 0 atom stereocenters. The molecule has 0 radical (unpaired) electrons. The maximum atomic E-state index is 9.52. The third kappa shape index (κ3) is 5.15. The molecule has 30 heavy (non-hydrogen) atoms. The first kappa shape index (κ1) is 22.6. The van der Waals surface area contributed by atoms with Crippen molar-refractivity contribution in [1.29, 1.82) is 0 Å². The molecular formula is C22H25NO5S2. The van der Waals surface area contributed by atoms with Gasteiger partial charge in [-0.3, -0.25) is 4.55 Å². The van der Waals surface area contributed by atoms with Crippen LogP contribution in [0.1, 0.15) is 12.5 Å². The maximum absolute atomic E-state index is 9.52. The van der Waals surface area contributed by atoms with Crippen LogP contribution in [0.4, 0.5) is 0 Å². The molecule has 0 spiro atoms. The number of benzene rings is 3. The molecule has 8 heteroatoms. The van der Waals surface area contributed by atoms with Gasteiger partial charge in [-0.1, -0.05) is 36.4 Å². The average molecular weight is 448 g/mol. The molecule has 4 N–H and O–H groups in total. The van der Waals surface area contributed by atoms with Gasteiger partial charge in [-0.25, -0.2) is 0 Å². The van der Waals surface area contributed by atoms with Crippen molar-refractivity contribution >= 4 is 53.1 Å². The van der Waals surface area contributed by atoms with E-state index >= 15 is 0 Å². The van der Waals surface area contributed by atoms with Crippen molar-refractivity contribution in [2.75, 3.05) is 19.5 Å². The van der Waals surface area contributed by atoms with E-state index in [1.807, 2.05) is 6.92 Å². The van der Waals surface area contributed by atoms with E-state index in [1.165, 1.54) is 37.2 Å². The van der Waals surface area contributed by atoms with Crippen molar-refractivity contribution in [2.24, 2.45) is 0 Å². The monoisotopic (exact) mass is 447 g/mol. The van der Waals surface area contributed by atoms with Gasteiger partial charge in [0.2, 0.25) is 0 Å². The standard InChI is InChI=1S/C21H21NO2S.CH4O3S/c1-21(12-23,13-24)22-11-16-10-15-7-6-14-8-9-25-20(14)19(15)18-5-3-2-4-17(16)18;1-5(2,3)4/h2-10,22-24H,11-13H2,1H3;1H3,(H,2,3,4). The Bertz CT molecular complexity index is 1270. The zero-order valence-electron chi connectivity index (χ0n) is 16.8. The van der Waals surface area contributed by atoms with Crippen LogP contribution in [-0.2, 0) is 16.7 Å². The van der Waals surface area contributed by atoms with Crippen LogP contribution in [0.2, 0.25) is 0 Å². The number of fused-ring (bicyclic) bond motifs is 5. The van der Waals surface area contributed by atoms with Crippen LogP contribution in [0.3, 0.4) is 0 Å². The van der Waals surface area contributed by atoms with Crippen LogP contribution in [0.25, 0.3) is 31.6 Å². The molecule has 0 unspecified atom stereocenters. The Balaban J connectivity index is 0.000000461. The van der Waals surface area contributed by atoms with E-state index in [1.54, 1.807) is 11.3 Å². The van der Waals surface area contributed by atoms with Crippen molar-refractivity contribution in [3.05, 3.63) is 59.5 Å². The average Bonchev–Trinajstić information content (AvgIpc) is 3.19. The fourth-order valence-corrected chi connectivity index (χ4v) is 4.28. The summed E-state index contributed by atoms with van der Waals surface area (Å²) in [6.07, 6.45) is 0.715. The van der Waals surface area contributed by atoms with Crippen molar-refractivity contribution in [3.63, 3.8) is 0 Å². The molecule has 1 aromatic heterocycles. The van der Waals surface area contributed by atoms with Crippen LogP contribution in [-0.4, -0.2) is 48.2 Å². The third-order valence-corrected chi connectivity index (χ3v) is 5.88. The largest absolute Gasteiger partial charge is 0.394 e. The van der Waals surface area contributed by atoms with Crippen molar-refractivity contribution in [3.8, 4) is 0 Å². The molecule has 0 fully saturated rings. The Morgan fingerprint density at radius 1 is 1.00 bits per heavy atom. The molecule has 4 rings (SSSR count). The van der Waals surface area contributed by atoms with Crippen LogP contribution in [0, 0.1) is 0 Å². The van der Waals surface area contributed by atoms with Gasteiger partial charge in [0.15, 0.2) is 0 Å². The topological polar surface area (TPSA) is 107 Å². The van der Waals surface area contributed by atoms with Crippen LogP contribution in [0.5, 0.6) is 0 Å². The quantitative estimate of drug-likeness (QED) is 0.275. The van der Waals surface area contributed by atoms with Crippen LogP contribution >= 0.6 is 11.3 Å². The minimum absolute atomic E-state index is 0.106. The number of aliphatic hydroxyl groups excluding tert-OH is 2. The maximum Gasteiger partial charge on any atom is 0.261 e. The Morgan fingerprint density at radius 2 is 1.60 bits per heavy atom. The zero-order chi connectivity index (χ0) is 21.9. The fraction of sp³-hybridized carbons (Fsp3) is 0.273. The summed E-state index contributed by atoms with van der Waals surface area (Å²) in [5.74, 6) is 0. The SMILES string of the molecule is CC(CO)(CO)NCc1cc2ccc3ccsc3c2c2ccccc12.CS(=O)(=O)O. The predicted octanol–water partition coefficient (Wildman–Crippen LogP) is 3.54. The first-order valence-corrected chi connectivity index (χ1v) is 12.1. The Morgan fingerprint density at radius 3 is 2.23 bits per heavy atom. The first-order valence-electron chi connectivity index (χ1n) is 9.35. The van der Waals surface area contributed by atoms with Gasteiger partial charge >= 0.3 is 0 Å². The van der Waals surface area contributed by atoms with E-state index in [-0.39, 0.29) is 13.2 Å². The van der Waals surface area contributed by atoms with E-state index in [2.05, 4.69) is 59.2 Å². The fourth-order valence-electron chi connectivity index (χ4n) is 3.31. The molecule has 0 aliphatic carbocycles. The molecule has 160 valence electrons. The summed E-state index contributed by atoms with van der Waals surface area (Å²) >= 11 is 1.78. The number of hydrogen-bond acceptors (Lipinski definition) is 6. The highest BCUT2D eigenvalue weighted by Crippen LogP contribution is 2.36. The third-order valence-electron chi connectivity index (χ3n) is 4.93. The summed E-state index contributed by atoms with van der Waals surface area (Å²) in [5.41, 5.74) is 0.487. The zero-order valence-corrected chi connectivity index (χ0v) is 18.4. The van der Waals surface area contributed by atoms with Gasteiger partial charge in [-0.2, -0.15) is 8.42 Å². The highest BCUT2D eigenvalue weighted by atomic mass is 32.2. The summed E-state index contributed by atoms with van der Waals surface area (Å²) in [6, 6.07) is 17.2. The molecule has 1 heterocycles. The van der Waals surface area contributed by atoms with Crippen LogP contribution < -0.4 is 5.32 Å². The minimum atomic E-state index is -3.67. The summed E-state index contributed by atoms with van der Waals surface area (Å²) in [4.78, 5) is 0. The van der Waals surface area contributed by atoms with Gasteiger partial charge in [0.25, 0.3) is 10.1 Å². The second-order valence-corrected chi connectivity index (χ2v) is 9.93. The van der Waals surface area contributed by atoms with Crippen molar-refractivity contribution < 1.29 is 23.2 Å². The summed E-state index contributed by atoms with van der Waals surface area (Å²) in [6.45, 7) is 2.21. The van der Waals surface area contributed by atoms with Gasteiger partial charge in [0.1, 0.15) is 0 Å². The Kier molecular flexibility index (Phi) is 6.76. The molecule has 0 aliphatic heterocycles.